The fourth-order valence-corrected chi connectivity index (χ4v) is 3.97. The fourth-order valence-electron chi connectivity index (χ4n) is 3.97. The average molecular weight is 393 g/mol. The zero-order valence-electron chi connectivity index (χ0n) is 17.4. The summed E-state index contributed by atoms with van der Waals surface area (Å²) >= 11 is 0. The van der Waals surface area contributed by atoms with Gasteiger partial charge < -0.3 is 9.80 Å². The maximum absolute atomic E-state index is 12.8. The highest BCUT2D eigenvalue weighted by molar-refractivity contribution is 5.79. The van der Waals surface area contributed by atoms with E-state index >= 15 is 0 Å². The molecule has 1 aromatic carbocycles. The van der Waals surface area contributed by atoms with Gasteiger partial charge in [-0.15, -0.1) is 0 Å². The number of carbonyl (C=O) groups excluding carboxylic acids is 1. The van der Waals surface area contributed by atoms with Gasteiger partial charge in [0.25, 0.3) is 0 Å². The van der Waals surface area contributed by atoms with Gasteiger partial charge in [-0.05, 0) is 33.0 Å². The van der Waals surface area contributed by atoms with Crippen molar-refractivity contribution >= 4 is 17.1 Å². The van der Waals surface area contributed by atoms with Crippen LogP contribution in [-0.4, -0.2) is 69.2 Å². The van der Waals surface area contributed by atoms with E-state index in [9.17, 15) is 4.79 Å². The van der Waals surface area contributed by atoms with Crippen LogP contribution >= 0.6 is 0 Å². The van der Waals surface area contributed by atoms with Crippen molar-refractivity contribution in [1.82, 2.24) is 29.5 Å². The van der Waals surface area contributed by atoms with Crippen LogP contribution in [0.3, 0.4) is 0 Å². The van der Waals surface area contributed by atoms with E-state index in [2.05, 4.69) is 33.9 Å². The van der Waals surface area contributed by atoms with E-state index < -0.39 is 0 Å². The number of hydrogen-bond donors (Lipinski definition) is 0. The lowest BCUT2D eigenvalue weighted by molar-refractivity contribution is -0.129. The van der Waals surface area contributed by atoms with Crippen molar-refractivity contribution in [2.75, 3.05) is 33.7 Å². The molecular formula is C22H28N6O. The molecule has 0 aliphatic carbocycles. The van der Waals surface area contributed by atoms with E-state index in [0.29, 0.717) is 13.0 Å². The van der Waals surface area contributed by atoms with Crippen LogP contribution < -0.4 is 0 Å². The topological polar surface area (TPSA) is 67.2 Å². The molecule has 7 heteroatoms. The zero-order chi connectivity index (χ0) is 20.4. The van der Waals surface area contributed by atoms with Gasteiger partial charge in [0.15, 0.2) is 5.65 Å². The molecule has 29 heavy (non-hydrogen) atoms. The van der Waals surface area contributed by atoms with Gasteiger partial charge in [-0.25, -0.2) is 14.6 Å². The Balaban J connectivity index is 1.50. The van der Waals surface area contributed by atoms with E-state index in [4.69, 9.17) is 5.10 Å². The molecule has 3 heterocycles. The molecular weight excluding hydrogens is 364 g/mol. The maximum atomic E-state index is 12.8. The third kappa shape index (κ3) is 4.29. The largest absolute Gasteiger partial charge is 0.342 e. The molecule has 0 unspecified atom stereocenters. The van der Waals surface area contributed by atoms with E-state index in [1.54, 1.807) is 12.4 Å². The van der Waals surface area contributed by atoms with Gasteiger partial charge in [0.05, 0.1) is 18.7 Å². The summed E-state index contributed by atoms with van der Waals surface area (Å²) in [5.74, 6) is 0.386. The molecule has 4 rings (SSSR count). The Morgan fingerprint density at radius 2 is 2.07 bits per heavy atom. The molecule has 1 fully saturated rings. The highest BCUT2D eigenvalue weighted by Gasteiger charge is 2.31. The van der Waals surface area contributed by atoms with Crippen molar-refractivity contribution in [1.29, 1.82) is 0 Å². The number of aromatic nitrogens is 4. The highest BCUT2D eigenvalue weighted by Crippen LogP contribution is 2.30. The van der Waals surface area contributed by atoms with Crippen molar-refractivity contribution in [2.45, 2.75) is 32.2 Å². The normalized spacial score (nSPS) is 16.8. The molecule has 152 valence electrons. The van der Waals surface area contributed by atoms with Crippen molar-refractivity contribution in [3.05, 3.63) is 53.5 Å². The summed E-state index contributed by atoms with van der Waals surface area (Å²) in [6.45, 7) is 5.17. The standard InChI is InChI=1S/C22H28N6O/c1-16-5-4-6-17(13-16)14-19(29)27-10-7-18(15-27)20-21-22(24-9-8-23-21)28(25-20)12-11-26(2)3/h4-6,8-9,13,18H,7,10-12,14-15H2,1-3H3/t18-/m0/s1. The molecule has 1 atom stereocenters. The Labute approximate surface area is 171 Å². The van der Waals surface area contributed by atoms with Crippen LogP contribution in [0.5, 0.6) is 0 Å². The van der Waals surface area contributed by atoms with Crippen LogP contribution in [0.4, 0.5) is 0 Å². The smallest absolute Gasteiger partial charge is 0.227 e. The predicted octanol–water partition coefficient (Wildman–Crippen LogP) is 2.25. The van der Waals surface area contributed by atoms with Gasteiger partial charge in [0.1, 0.15) is 5.52 Å². The minimum atomic E-state index is 0.181. The second-order valence-corrected chi connectivity index (χ2v) is 8.13. The number of carbonyl (C=O) groups is 1. The van der Waals surface area contributed by atoms with Crippen LogP contribution in [0.25, 0.3) is 11.2 Å². The number of nitrogens with zero attached hydrogens (tertiary/aromatic N) is 6. The molecule has 1 amide bonds. The Morgan fingerprint density at radius 1 is 1.24 bits per heavy atom. The third-order valence-corrected chi connectivity index (χ3v) is 5.52. The number of likely N-dealkylation sites (N-methyl/N-ethyl adjacent to an activating group) is 1. The molecule has 3 aromatic rings. The maximum Gasteiger partial charge on any atom is 0.227 e. The number of rotatable bonds is 6. The SMILES string of the molecule is Cc1cccc(CC(=O)N2CC[C@H](c3nn(CCN(C)C)c4nccnc34)C2)c1. The minimum absolute atomic E-state index is 0.181. The number of likely N-dealkylation sites (tertiary alicyclic amines) is 1. The summed E-state index contributed by atoms with van der Waals surface area (Å²) in [5, 5.41) is 4.86. The van der Waals surface area contributed by atoms with Crippen LogP contribution in [-0.2, 0) is 17.8 Å². The Morgan fingerprint density at radius 3 is 2.86 bits per heavy atom. The summed E-state index contributed by atoms with van der Waals surface area (Å²) in [4.78, 5) is 26.0. The summed E-state index contributed by atoms with van der Waals surface area (Å²) in [6.07, 6.45) is 4.80. The number of aryl methyl sites for hydroxylation is 1. The first kappa shape index (κ1) is 19.5. The minimum Gasteiger partial charge on any atom is -0.342 e. The number of benzene rings is 1. The van der Waals surface area contributed by atoms with Gasteiger partial charge in [-0.2, -0.15) is 5.10 Å². The molecule has 2 aromatic heterocycles. The first-order valence-electron chi connectivity index (χ1n) is 10.2. The molecule has 1 aliphatic heterocycles. The van der Waals surface area contributed by atoms with E-state index in [1.807, 2.05) is 35.8 Å². The molecule has 0 saturated carbocycles. The molecule has 0 bridgehead atoms. The van der Waals surface area contributed by atoms with Gasteiger partial charge in [0.2, 0.25) is 5.91 Å². The van der Waals surface area contributed by atoms with Crippen LogP contribution in [0.2, 0.25) is 0 Å². The van der Waals surface area contributed by atoms with E-state index in [-0.39, 0.29) is 11.8 Å². The molecule has 7 nitrogen and oxygen atoms in total. The summed E-state index contributed by atoms with van der Waals surface area (Å²) in [7, 11) is 4.10. The van der Waals surface area contributed by atoms with E-state index in [0.717, 1.165) is 48.5 Å². The van der Waals surface area contributed by atoms with E-state index in [1.165, 1.54) is 5.56 Å². The Bertz CT molecular complexity index is 1010. The average Bonchev–Trinajstić information content (AvgIpc) is 3.31. The molecule has 0 N–H and O–H groups in total. The van der Waals surface area contributed by atoms with Gasteiger partial charge in [0, 0.05) is 37.9 Å². The second kappa shape index (κ2) is 8.29. The summed E-state index contributed by atoms with van der Waals surface area (Å²) in [5.41, 5.74) is 4.92. The van der Waals surface area contributed by atoms with Crippen molar-refractivity contribution < 1.29 is 4.79 Å². The monoisotopic (exact) mass is 392 g/mol. The third-order valence-electron chi connectivity index (χ3n) is 5.52. The molecule has 1 aliphatic rings. The first-order chi connectivity index (χ1) is 14.0. The van der Waals surface area contributed by atoms with Crippen molar-refractivity contribution in [3.63, 3.8) is 0 Å². The van der Waals surface area contributed by atoms with Gasteiger partial charge in [-0.3, -0.25) is 4.79 Å². The summed E-state index contributed by atoms with van der Waals surface area (Å²) in [6, 6.07) is 8.17. The molecule has 1 saturated heterocycles. The number of amides is 1. The highest BCUT2D eigenvalue weighted by atomic mass is 16.2. The van der Waals surface area contributed by atoms with Gasteiger partial charge in [-0.1, -0.05) is 29.8 Å². The lowest BCUT2D eigenvalue weighted by Gasteiger charge is -2.16. The van der Waals surface area contributed by atoms with Gasteiger partial charge >= 0.3 is 0 Å². The Kier molecular flexibility index (Phi) is 5.58. The van der Waals surface area contributed by atoms with Crippen LogP contribution in [0, 0.1) is 6.92 Å². The predicted molar refractivity (Wildman–Crippen MR) is 113 cm³/mol. The molecule has 0 radical (unpaired) electrons. The number of hydrogen-bond acceptors (Lipinski definition) is 5. The van der Waals surface area contributed by atoms with Crippen LogP contribution in [0.1, 0.15) is 29.2 Å². The lowest BCUT2D eigenvalue weighted by atomic mass is 10.0. The number of fused-ring (bicyclic) bond motifs is 1. The first-order valence-corrected chi connectivity index (χ1v) is 10.2. The van der Waals surface area contributed by atoms with Crippen LogP contribution in [0.15, 0.2) is 36.7 Å². The Hall–Kier alpha value is -2.80. The summed E-state index contributed by atoms with van der Waals surface area (Å²) < 4.78 is 1.95. The fraction of sp³-hybridized carbons (Fsp3) is 0.455. The zero-order valence-corrected chi connectivity index (χ0v) is 17.4. The lowest BCUT2D eigenvalue weighted by Crippen LogP contribution is -2.30. The second-order valence-electron chi connectivity index (χ2n) is 8.13. The van der Waals surface area contributed by atoms with Crippen molar-refractivity contribution in [3.8, 4) is 0 Å². The molecule has 0 spiro atoms. The quantitative estimate of drug-likeness (QED) is 0.644. The van der Waals surface area contributed by atoms with Crippen molar-refractivity contribution in [2.24, 2.45) is 0 Å².